The van der Waals surface area contributed by atoms with Crippen LogP contribution in [-0.4, -0.2) is 47.4 Å². The number of methoxy groups -OCH3 is 1. The molecule has 0 unspecified atom stereocenters. The van der Waals surface area contributed by atoms with Gasteiger partial charge >= 0.3 is 0 Å². The Balaban J connectivity index is 1.90. The van der Waals surface area contributed by atoms with E-state index in [0.29, 0.717) is 6.54 Å². The fourth-order valence-corrected chi connectivity index (χ4v) is 3.43. The zero-order valence-corrected chi connectivity index (χ0v) is 15.1. The van der Waals surface area contributed by atoms with Gasteiger partial charge in [0.2, 0.25) is 5.91 Å². The first-order chi connectivity index (χ1) is 12.1. The highest BCUT2D eigenvalue weighted by Crippen LogP contribution is 2.33. The highest BCUT2D eigenvalue weighted by atomic mass is 16.5. The number of aryl methyl sites for hydroxylation is 1. The van der Waals surface area contributed by atoms with E-state index in [1.165, 1.54) is 0 Å². The number of rotatable bonds is 4. The monoisotopic (exact) mass is 339 g/mol. The number of pyridine rings is 1. The molecular weight excluding hydrogens is 314 g/mol. The van der Waals surface area contributed by atoms with Crippen LogP contribution >= 0.6 is 0 Å². The van der Waals surface area contributed by atoms with Crippen LogP contribution in [0, 0.1) is 6.92 Å². The van der Waals surface area contributed by atoms with Crippen LogP contribution in [-0.2, 0) is 11.3 Å². The van der Waals surface area contributed by atoms with Crippen LogP contribution in [0.4, 0.5) is 0 Å². The van der Waals surface area contributed by atoms with Crippen molar-refractivity contribution in [2.24, 2.45) is 0 Å². The van der Waals surface area contributed by atoms with Gasteiger partial charge in [0.25, 0.3) is 0 Å². The maximum Gasteiger partial charge on any atom is 0.219 e. The SMILES string of the molecule is COc1ccccc1[C@H]1CN(C(C)=O)CCN1Cc1cccc(C)n1. The van der Waals surface area contributed by atoms with Gasteiger partial charge < -0.3 is 9.64 Å². The summed E-state index contributed by atoms with van der Waals surface area (Å²) in [6, 6.07) is 14.3. The maximum atomic E-state index is 11.9. The van der Waals surface area contributed by atoms with Crippen molar-refractivity contribution >= 4 is 5.91 Å². The van der Waals surface area contributed by atoms with Crippen molar-refractivity contribution < 1.29 is 9.53 Å². The summed E-state index contributed by atoms with van der Waals surface area (Å²) in [7, 11) is 1.69. The fourth-order valence-electron chi connectivity index (χ4n) is 3.43. The molecule has 0 saturated carbocycles. The number of para-hydroxylation sites is 1. The predicted octanol–water partition coefficient (Wildman–Crippen LogP) is 2.80. The Morgan fingerprint density at radius 3 is 2.72 bits per heavy atom. The van der Waals surface area contributed by atoms with Crippen molar-refractivity contribution in [1.82, 2.24) is 14.8 Å². The van der Waals surface area contributed by atoms with Gasteiger partial charge in [-0.1, -0.05) is 24.3 Å². The number of benzene rings is 1. The summed E-state index contributed by atoms with van der Waals surface area (Å²) < 4.78 is 5.57. The van der Waals surface area contributed by atoms with Gasteiger partial charge in [-0.25, -0.2) is 0 Å². The van der Waals surface area contributed by atoms with Crippen molar-refractivity contribution in [2.75, 3.05) is 26.7 Å². The Morgan fingerprint density at radius 1 is 1.20 bits per heavy atom. The Morgan fingerprint density at radius 2 is 2.00 bits per heavy atom. The van der Waals surface area contributed by atoms with Crippen molar-refractivity contribution in [3.63, 3.8) is 0 Å². The highest BCUT2D eigenvalue weighted by molar-refractivity contribution is 5.73. The molecule has 1 aliphatic rings. The normalized spacial score (nSPS) is 18.2. The van der Waals surface area contributed by atoms with Gasteiger partial charge in [0, 0.05) is 44.4 Å². The minimum absolute atomic E-state index is 0.0936. The molecule has 5 nitrogen and oxygen atoms in total. The predicted molar refractivity (Wildman–Crippen MR) is 97.4 cm³/mol. The molecule has 0 N–H and O–H groups in total. The summed E-state index contributed by atoms with van der Waals surface area (Å²) in [5.41, 5.74) is 3.19. The third-order valence-electron chi connectivity index (χ3n) is 4.75. The molecule has 2 heterocycles. The van der Waals surface area contributed by atoms with Crippen LogP contribution in [0.5, 0.6) is 5.75 Å². The molecule has 1 aromatic heterocycles. The van der Waals surface area contributed by atoms with E-state index in [2.05, 4.69) is 22.0 Å². The lowest BCUT2D eigenvalue weighted by atomic mass is 10.0. The number of ether oxygens (including phenoxy) is 1. The molecule has 1 saturated heterocycles. The molecule has 0 radical (unpaired) electrons. The molecule has 0 spiro atoms. The van der Waals surface area contributed by atoms with Gasteiger partial charge in [-0.05, 0) is 25.1 Å². The summed E-state index contributed by atoms with van der Waals surface area (Å²) in [4.78, 5) is 20.8. The van der Waals surface area contributed by atoms with E-state index in [4.69, 9.17) is 4.74 Å². The first-order valence-corrected chi connectivity index (χ1v) is 8.63. The maximum absolute atomic E-state index is 11.9. The number of nitrogens with zero attached hydrogens (tertiary/aromatic N) is 3. The first-order valence-electron chi connectivity index (χ1n) is 8.63. The molecule has 25 heavy (non-hydrogen) atoms. The lowest BCUT2D eigenvalue weighted by molar-refractivity contribution is -0.132. The molecule has 1 amide bonds. The number of amides is 1. The molecule has 132 valence electrons. The third-order valence-corrected chi connectivity index (χ3v) is 4.75. The minimum Gasteiger partial charge on any atom is -0.496 e. The molecule has 1 aliphatic heterocycles. The van der Waals surface area contributed by atoms with Crippen LogP contribution in [0.25, 0.3) is 0 Å². The second-order valence-corrected chi connectivity index (χ2v) is 6.46. The lowest BCUT2D eigenvalue weighted by Gasteiger charge is -2.41. The number of aromatic nitrogens is 1. The molecule has 5 heteroatoms. The molecule has 2 aromatic rings. The van der Waals surface area contributed by atoms with Gasteiger partial charge in [-0.15, -0.1) is 0 Å². The smallest absolute Gasteiger partial charge is 0.219 e. The van der Waals surface area contributed by atoms with E-state index in [0.717, 1.165) is 42.3 Å². The Bertz CT molecular complexity index is 747. The average molecular weight is 339 g/mol. The fraction of sp³-hybridized carbons (Fsp3) is 0.400. The van der Waals surface area contributed by atoms with Crippen LogP contribution in [0.2, 0.25) is 0 Å². The number of hydrogen-bond donors (Lipinski definition) is 0. The first kappa shape index (κ1) is 17.4. The van der Waals surface area contributed by atoms with Crippen LogP contribution in [0.3, 0.4) is 0 Å². The Labute approximate surface area is 149 Å². The molecule has 1 fully saturated rings. The van der Waals surface area contributed by atoms with Crippen molar-refractivity contribution in [2.45, 2.75) is 26.4 Å². The largest absolute Gasteiger partial charge is 0.496 e. The second kappa shape index (κ2) is 7.66. The van der Waals surface area contributed by atoms with Crippen molar-refractivity contribution in [3.05, 3.63) is 59.4 Å². The minimum atomic E-state index is 0.0936. The van der Waals surface area contributed by atoms with Crippen molar-refractivity contribution in [3.8, 4) is 5.75 Å². The summed E-state index contributed by atoms with van der Waals surface area (Å²) in [6.45, 7) is 6.63. The topological polar surface area (TPSA) is 45.7 Å². The van der Waals surface area contributed by atoms with E-state index in [1.54, 1.807) is 14.0 Å². The van der Waals surface area contributed by atoms with Gasteiger partial charge in [-0.3, -0.25) is 14.7 Å². The summed E-state index contributed by atoms with van der Waals surface area (Å²) in [5, 5.41) is 0. The van der Waals surface area contributed by atoms with E-state index in [-0.39, 0.29) is 11.9 Å². The quantitative estimate of drug-likeness (QED) is 0.859. The number of hydrogen-bond acceptors (Lipinski definition) is 4. The van der Waals surface area contributed by atoms with Gasteiger partial charge in [0.05, 0.1) is 18.8 Å². The molecule has 0 bridgehead atoms. The molecule has 0 aliphatic carbocycles. The lowest BCUT2D eigenvalue weighted by Crippen LogP contribution is -2.49. The number of carbonyl (C=O) groups excluding carboxylic acids is 1. The number of carbonyl (C=O) groups is 1. The number of piperazine rings is 1. The zero-order chi connectivity index (χ0) is 17.8. The van der Waals surface area contributed by atoms with Gasteiger partial charge in [-0.2, -0.15) is 0 Å². The van der Waals surface area contributed by atoms with E-state index < -0.39 is 0 Å². The highest BCUT2D eigenvalue weighted by Gasteiger charge is 2.31. The summed E-state index contributed by atoms with van der Waals surface area (Å²) >= 11 is 0. The molecule has 1 aromatic carbocycles. The van der Waals surface area contributed by atoms with Crippen LogP contribution in [0.15, 0.2) is 42.5 Å². The molecular formula is C20H25N3O2. The van der Waals surface area contributed by atoms with E-state index in [1.807, 2.05) is 42.2 Å². The second-order valence-electron chi connectivity index (χ2n) is 6.46. The standard InChI is InChI=1S/C20H25N3O2/c1-15-7-6-8-17(21-15)13-23-12-11-22(16(2)24)14-19(23)18-9-4-5-10-20(18)25-3/h4-10,19H,11-14H2,1-3H3/t19-/m1/s1. The van der Waals surface area contributed by atoms with Gasteiger partial charge in [0.1, 0.15) is 5.75 Å². The summed E-state index contributed by atoms with van der Waals surface area (Å²) in [5.74, 6) is 0.980. The molecule has 1 atom stereocenters. The van der Waals surface area contributed by atoms with Crippen molar-refractivity contribution in [1.29, 1.82) is 0 Å². The Hall–Kier alpha value is -2.40. The van der Waals surface area contributed by atoms with Crippen LogP contribution < -0.4 is 4.74 Å². The van der Waals surface area contributed by atoms with Gasteiger partial charge in [0.15, 0.2) is 0 Å². The zero-order valence-electron chi connectivity index (χ0n) is 15.1. The van der Waals surface area contributed by atoms with E-state index in [9.17, 15) is 4.79 Å². The molecule has 3 rings (SSSR count). The van der Waals surface area contributed by atoms with Crippen LogP contribution in [0.1, 0.15) is 29.9 Å². The average Bonchev–Trinajstić information content (AvgIpc) is 2.62. The Kier molecular flexibility index (Phi) is 5.34. The van der Waals surface area contributed by atoms with E-state index >= 15 is 0 Å². The third kappa shape index (κ3) is 3.99. The summed E-state index contributed by atoms with van der Waals surface area (Å²) in [6.07, 6.45) is 0.